The van der Waals surface area contributed by atoms with Crippen LogP contribution in [-0.4, -0.2) is 20.3 Å². The molecular weight excluding hydrogens is 206 g/mol. The molecule has 0 heterocycles. The van der Waals surface area contributed by atoms with Gasteiger partial charge in [0.1, 0.15) is 6.61 Å². The molecule has 0 aliphatic rings. The molecule has 0 aliphatic heterocycles. The molecule has 90 valence electrons. The van der Waals surface area contributed by atoms with Crippen LogP contribution in [0.3, 0.4) is 0 Å². The largest absolute Gasteiger partial charge is 0.508 e. The van der Waals surface area contributed by atoms with Crippen molar-refractivity contribution in [3.63, 3.8) is 0 Å². The predicted octanol–water partition coefficient (Wildman–Crippen LogP) is 3.04. The van der Waals surface area contributed by atoms with Crippen LogP contribution in [0, 0.1) is 0 Å². The van der Waals surface area contributed by atoms with Crippen LogP contribution in [0.15, 0.2) is 24.3 Å². The molecule has 4 nitrogen and oxygen atoms in total. The van der Waals surface area contributed by atoms with E-state index < -0.39 is 6.16 Å². The van der Waals surface area contributed by atoms with Gasteiger partial charge in [0.15, 0.2) is 0 Å². The van der Waals surface area contributed by atoms with E-state index in [1.807, 2.05) is 45.2 Å². The Morgan fingerprint density at radius 2 is 1.81 bits per heavy atom. The fraction of sp³-hybridized carbons (Fsp3) is 0.417. The molecule has 0 aliphatic carbocycles. The maximum absolute atomic E-state index is 10.7. The Bertz CT molecular complexity index is 296. The molecule has 0 saturated heterocycles. The Hall–Kier alpha value is -1.71. The van der Waals surface area contributed by atoms with E-state index in [1.165, 1.54) is 7.11 Å². The van der Waals surface area contributed by atoms with Gasteiger partial charge in [0, 0.05) is 12.7 Å². The minimum absolute atomic E-state index is 0.233. The molecule has 0 spiro atoms. The molecule has 1 aromatic rings. The van der Waals surface area contributed by atoms with Crippen molar-refractivity contribution >= 4 is 11.8 Å². The van der Waals surface area contributed by atoms with Crippen LogP contribution in [0.5, 0.6) is 0 Å². The standard InChI is InChI=1S/C10H13NO3.C2H6/c1-11-9-5-3-8(4-6-9)7-14-10(12)13-2;1-2/h3-6,11H,7H2,1-2H3;1-2H3. The maximum atomic E-state index is 10.7. The summed E-state index contributed by atoms with van der Waals surface area (Å²) in [5.74, 6) is 0. The molecular formula is C12H19NO3. The first-order valence-electron chi connectivity index (χ1n) is 5.23. The third kappa shape index (κ3) is 5.24. The van der Waals surface area contributed by atoms with Gasteiger partial charge in [0.2, 0.25) is 0 Å². The number of hydrogen-bond acceptors (Lipinski definition) is 4. The summed E-state index contributed by atoms with van der Waals surface area (Å²) in [7, 11) is 3.13. The van der Waals surface area contributed by atoms with Crippen molar-refractivity contribution in [2.75, 3.05) is 19.5 Å². The normalized spacial score (nSPS) is 8.50. The third-order valence-corrected chi connectivity index (χ3v) is 1.77. The van der Waals surface area contributed by atoms with Crippen LogP contribution >= 0.6 is 0 Å². The highest BCUT2D eigenvalue weighted by Gasteiger charge is 2.00. The first-order chi connectivity index (χ1) is 7.76. The Morgan fingerprint density at radius 1 is 1.25 bits per heavy atom. The van der Waals surface area contributed by atoms with Gasteiger partial charge < -0.3 is 14.8 Å². The second kappa shape index (κ2) is 8.59. The zero-order valence-electron chi connectivity index (χ0n) is 10.2. The first kappa shape index (κ1) is 14.3. The Morgan fingerprint density at radius 3 is 2.25 bits per heavy atom. The molecule has 16 heavy (non-hydrogen) atoms. The van der Waals surface area contributed by atoms with Gasteiger partial charge in [-0.25, -0.2) is 4.79 Å². The summed E-state index contributed by atoms with van der Waals surface area (Å²) in [5, 5.41) is 3.00. The lowest BCUT2D eigenvalue weighted by Crippen LogP contribution is -2.03. The van der Waals surface area contributed by atoms with Crippen LogP contribution in [0.2, 0.25) is 0 Å². The SMILES string of the molecule is CC.CNc1ccc(COC(=O)OC)cc1. The smallest absolute Gasteiger partial charge is 0.438 e. The Labute approximate surface area is 96.6 Å². The van der Waals surface area contributed by atoms with Gasteiger partial charge in [-0.05, 0) is 17.7 Å². The van der Waals surface area contributed by atoms with Crippen molar-refractivity contribution in [2.45, 2.75) is 20.5 Å². The summed E-state index contributed by atoms with van der Waals surface area (Å²) in [4.78, 5) is 10.7. The zero-order chi connectivity index (χ0) is 12.4. The topological polar surface area (TPSA) is 47.6 Å². The quantitative estimate of drug-likeness (QED) is 0.803. The number of carbonyl (C=O) groups is 1. The van der Waals surface area contributed by atoms with Gasteiger partial charge >= 0.3 is 6.16 Å². The number of benzene rings is 1. The van der Waals surface area contributed by atoms with Crippen molar-refractivity contribution in [3.8, 4) is 0 Å². The van der Waals surface area contributed by atoms with E-state index in [0.717, 1.165) is 11.3 Å². The van der Waals surface area contributed by atoms with E-state index in [0.29, 0.717) is 0 Å². The molecule has 0 unspecified atom stereocenters. The Kier molecular flexibility index (Phi) is 7.67. The highest BCUT2D eigenvalue weighted by Crippen LogP contribution is 2.09. The van der Waals surface area contributed by atoms with Gasteiger partial charge in [0.05, 0.1) is 7.11 Å². The average molecular weight is 225 g/mol. The van der Waals surface area contributed by atoms with Crippen LogP contribution in [0.25, 0.3) is 0 Å². The van der Waals surface area contributed by atoms with Gasteiger partial charge in [-0.3, -0.25) is 0 Å². The highest BCUT2D eigenvalue weighted by atomic mass is 16.7. The fourth-order valence-electron chi connectivity index (χ4n) is 0.969. The van der Waals surface area contributed by atoms with Crippen LogP contribution in [0.1, 0.15) is 19.4 Å². The van der Waals surface area contributed by atoms with Crippen molar-refractivity contribution in [1.82, 2.24) is 0 Å². The zero-order valence-corrected chi connectivity index (χ0v) is 10.2. The predicted molar refractivity (Wildman–Crippen MR) is 64.5 cm³/mol. The molecule has 0 atom stereocenters. The van der Waals surface area contributed by atoms with Gasteiger partial charge in [-0.15, -0.1) is 0 Å². The molecule has 1 N–H and O–H groups in total. The van der Waals surface area contributed by atoms with Gasteiger partial charge in [-0.1, -0.05) is 26.0 Å². The molecule has 0 aromatic heterocycles. The monoisotopic (exact) mass is 225 g/mol. The van der Waals surface area contributed by atoms with Gasteiger partial charge in [0.25, 0.3) is 0 Å². The van der Waals surface area contributed by atoms with Crippen molar-refractivity contribution in [3.05, 3.63) is 29.8 Å². The van der Waals surface area contributed by atoms with Crippen molar-refractivity contribution in [2.24, 2.45) is 0 Å². The summed E-state index contributed by atoms with van der Waals surface area (Å²) < 4.78 is 9.11. The third-order valence-electron chi connectivity index (χ3n) is 1.77. The van der Waals surface area contributed by atoms with Crippen LogP contribution in [0.4, 0.5) is 10.5 Å². The summed E-state index contributed by atoms with van der Waals surface area (Å²) in [6, 6.07) is 7.59. The minimum Gasteiger partial charge on any atom is -0.438 e. The molecule has 0 fully saturated rings. The number of hydrogen-bond donors (Lipinski definition) is 1. The number of methoxy groups -OCH3 is 1. The minimum atomic E-state index is -0.664. The first-order valence-corrected chi connectivity index (χ1v) is 5.23. The number of nitrogens with one attached hydrogen (secondary N) is 1. The molecule has 4 heteroatoms. The lowest BCUT2D eigenvalue weighted by Gasteiger charge is -2.04. The van der Waals surface area contributed by atoms with Crippen LogP contribution < -0.4 is 5.32 Å². The van der Waals surface area contributed by atoms with E-state index >= 15 is 0 Å². The number of rotatable bonds is 3. The molecule has 0 amide bonds. The van der Waals surface area contributed by atoms with Crippen molar-refractivity contribution in [1.29, 1.82) is 0 Å². The summed E-state index contributed by atoms with van der Waals surface area (Å²) in [6.07, 6.45) is -0.664. The summed E-state index contributed by atoms with van der Waals surface area (Å²) >= 11 is 0. The molecule has 0 radical (unpaired) electrons. The summed E-state index contributed by atoms with van der Waals surface area (Å²) in [5.41, 5.74) is 1.95. The second-order valence-corrected chi connectivity index (χ2v) is 2.69. The van der Waals surface area contributed by atoms with E-state index in [2.05, 4.69) is 10.1 Å². The molecule has 1 aromatic carbocycles. The molecule has 0 saturated carbocycles. The average Bonchev–Trinajstić information content (AvgIpc) is 2.38. The maximum Gasteiger partial charge on any atom is 0.508 e. The second-order valence-electron chi connectivity index (χ2n) is 2.69. The van der Waals surface area contributed by atoms with E-state index in [1.54, 1.807) is 0 Å². The number of carbonyl (C=O) groups excluding carboxylic acids is 1. The molecule has 1 rings (SSSR count). The number of anilines is 1. The van der Waals surface area contributed by atoms with E-state index in [9.17, 15) is 4.79 Å². The van der Waals surface area contributed by atoms with Gasteiger partial charge in [-0.2, -0.15) is 0 Å². The van der Waals surface area contributed by atoms with E-state index in [-0.39, 0.29) is 6.61 Å². The lowest BCUT2D eigenvalue weighted by atomic mass is 10.2. The fourth-order valence-corrected chi connectivity index (χ4v) is 0.969. The lowest BCUT2D eigenvalue weighted by molar-refractivity contribution is 0.0669. The Balaban J connectivity index is 0.00000106. The summed E-state index contributed by atoms with van der Waals surface area (Å²) in [6.45, 7) is 4.23. The van der Waals surface area contributed by atoms with Crippen molar-refractivity contribution < 1.29 is 14.3 Å². The molecule has 0 bridgehead atoms. The van der Waals surface area contributed by atoms with E-state index in [4.69, 9.17) is 4.74 Å². The number of ether oxygens (including phenoxy) is 2. The van der Waals surface area contributed by atoms with Crippen LogP contribution in [-0.2, 0) is 16.1 Å². The highest BCUT2D eigenvalue weighted by molar-refractivity contribution is 5.59.